The van der Waals surface area contributed by atoms with E-state index >= 15 is 0 Å². The fraction of sp³-hybridized carbons (Fsp3) is 1.00. The quantitative estimate of drug-likeness (QED) is 0.216. The highest BCUT2D eigenvalue weighted by Gasteiger charge is 2.35. The van der Waals surface area contributed by atoms with Gasteiger partial charge in [0.1, 0.15) is 0 Å². The van der Waals surface area contributed by atoms with Crippen molar-refractivity contribution in [1.82, 2.24) is 0 Å². The molecule has 0 bridgehead atoms. The summed E-state index contributed by atoms with van der Waals surface area (Å²) in [5, 5.41) is 0. The zero-order chi connectivity index (χ0) is 13.9. The Morgan fingerprint density at radius 1 is 0.944 bits per heavy atom. The van der Waals surface area contributed by atoms with E-state index in [4.69, 9.17) is 0 Å². The molecule has 0 nitrogen and oxygen atoms in total. The molecular formula is C11H23F5Si2. The van der Waals surface area contributed by atoms with Crippen LogP contribution in [0.25, 0.3) is 0 Å². The molecule has 0 N–H and O–H groups in total. The number of unbranched alkanes of at least 4 members (excludes halogenated alkanes) is 3. The molecule has 0 amide bonds. The van der Waals surface area contributed by atoms with Crippen LogP contribution in [-0.2, 0) is 0 Å². The largest absolute Gasteiger partial charge is 0.616 e. The number of alkyl halides is 2. The van der Waals surface area contributed by atoms with E-state index in [2.05, 4.69) is 0 Å². The monoisotopic (exact) mass is 306 g/mol. The number of halogens is 5. The van der Waals surface area contributed by atoms with E-state index in [9.17, 15) is 21.1 Å². The Kier molecular flexibility index (Phi) is 11.0. The summed E-state index contributed by atoms with van der Waals surface area (Å²) < 4.78 is 60.7. The second-order valence-electron chi connectivity index (χ2n) is 4.70. The second kappa shape index (κ2) is 11.0. The molecular weight excluding hydrogens is 283 g/mol. The summed E-state index contributed by atoms with van der Waals surface area (Å²) in [5.41, 5.74) is 0. The van der Waals surface area contributed by atoms with Gasteiger partial charge in [0.2, 0.25) is 0 Å². The van der Waals surface area contributed by atoms with Gasteiger partial charge in [-0.2, -0.15) is 0 Å². The summed E-state index contributed by atoms with van der Waals surface area (Å²) in [6, 6.07) is 1.04. The Morgan fingerprint density at radius 3 is 2.22 bits per heavy atom. The van der Waals surface area contributed by atoms with Gasteiger partial charge < -0.3 is 0 Å². The van der Waals surface area contributed by atoms with Gasteiger partial charge >= 0.3 is 9.08 Å². The summed E-state index contributed by atoms with van der Waals surface area (Å²) in [5.74, 6) is 0. The van der Waals surface area contributed by atoms with Gasteiger partial charge in [0.05, 0.1) is 12.8 Å². The minimum Gasteiger partial charge on any atom is -0.251 e. The van der Waals surface area contributed by atoms with Crippen LogP contribution >= 0.6 is 0 Å². The van der Waals surface area contributed by atoms with Crippen molar-refractivity contribution >= 4 is 18.6 Å². The van der Waals surface area contributed by atoms with Gasteiger partial charge in [-0.1, -0.05) is 25.3 Å². The van der Waals surface area contributed by atoms with Crippen molar-refractivity contribution in [1.29, 1.82) is 0 Å². The molecule has 0 heterocycles. The lowest BCUT2D eigenvalue weighted by atomic mass is 10.2. The van der Waals surface area contributed by atoms with Crippen molar-refractivity contribution in [3.63, 3.8) is 0 Å². The Bertz CT molecular complexity index is 187. The molecule has 7 heteroatoms. The van der Waals surface area contributed by atoms with E-state index in [1.165, 1.54) is 0 Å². The summed E-state index contributed by atoms with van der Waals surface area (Å²) in [4.78, 5) is 0. The minimum atomic E-state index is -5.33. The Hall–Kier alpha value is 0.0838. The second-order valence-corrected chi connectivity index (χ2v) is 8.43. The summed E-state index contributed by atoms with van der Waals surface area (Å²) >= 11 is 0. The Morgan fingerprint density at radius 2 is 1.61 bits per heavy atom. The number of rotatable bonds is 12. The molecule has 0 aliphatic rings. The van der Waals surface area contributed by atoms with Gasteiger partial charge in [-0.15, -0.1) is 0 Å². The highest BCUT2D eigenvalue weighted by atomic mass is 28.5. The Balaban J connectivity index is 3.16. The molecule has 0 saturated carbocycles. The molecule has 0 aliphatic heterocycles. The molecule has 0 rings (SSSR count). The van der Waals surface area contributed by atoms with Gasteiger partial charge in [-0.25, -0.2) is 16.7 Å². The lowest BCUT2D eigenvalue weighted by Gasteiger charge is -2.06. The van der Waals surface area contributed by atoms with Crippen LogP contribution in [0.5, 0.6) is 0 Å². The van der Waals surface area contributed by atoms with E-state index < -0.39 is 37.5 Å². The highest BCUT2D eigenvalue weighted by molar-refractivity contribution is 6.58. The van der Waals surface area contributed by atoms with Crippen LogP contribution in [0.15, 0.2) is 0 Å². The van der Waals surface area contributed by atoms with Crippen molar-refractivity contribution in [2.24, 2.45) is 0 Å². The third-order valence-corrected chi connectivity index (χ3v) is 5.83. The van der Waals surface area contributed by atoms with E-state index in [0.717, 1.165) is 18.9 Å². The van der Waals surface area contributed by atoms with E-state index in [0.29, 0.717) is 25.3 Å². The first-order valence-corrected chi connectivity index (χ1v) is 10.6. The number of hydrogen-bond donors (Lipinski definition) is 0. The van der Waals surface area contributed by atoms with Crippen LogP contribution in [-0.4, -0.2) is 31.4 Å². The standard InChI is InChI=1S/C11H23F5Si2/c12-7-5-6-11(13)10-17-8-3-1-2-4-9-18(14,15)16/h11H,1-10,17H2. The normalized spacial score (nSPS) is 14.5. The molecule has 1 atom stereocenters. The zero-order valence-electron chi connectivity index (χ0n) is 10.7. The van der Waals surface area contributed by atoms with Crippen molar-refractivity contribution in [3.8, 4) is 0 Å². The van der Waals surface area contributed by atoms with Crippen molar-refractivity contribution in [2.45, 2.75) is 62.8 Å². The summed E-state index contributed by atoms with van der Waals surface area (Å²) in [6.45, 7) is -0.454. The molecule has 0 aromatic rings. The molecule has 0 spiro atoms. The number of hydrogen-bond acceptors (Lipinski definition) is 0. The first kappa shape index (κ1) is 18.1. The first-order valence-electron chi connectivity index (χ1n) is 6.72. The van der Waals surface area contributed by atoms with Crippen molar-refractivity contribution in [3.05, 3.63) is 0 Å². The predicted octanol–water partition coefficient (Wildman–Crippen LogP) is 4.49. The van der Waals surface area contributed by atoms with Crippen LogP contribution in [0.3, 0.4) is 0 Å². The van der Waals surface area contributed by atoms with E-state index in [-0.39, 0.29) is 6.42 Å². The SMILES string of the molecule is FCCCC(F)C[SiH2]CCCCCC[Si](F)(F)F. The Labute approximate surface area is 110 Å². The predicted molar refractivity (Wildman–Crippen MR) is 70.6 cm³/mol. The van der Waals surface area contributed by atoms with Crippen LogP contribution in [0.2, 0.25) is 18.1 Å². The van der Waals surface area contributed by atoms with E-state index in [1.54, 1.807) is 0 Å². The molecule has 0 fully saturated rings. The van der Waals surface area contributed by atoms with Crippen LogP contribution in [0.4, 0.5) is 21.1 Å². The third kappa shape index (κ3) is 14.1. The molecule has 1 unspecified atom stereocenters. The zero-order valence-corrected chi connectivity index (χ0v) is 13.2. The molecule has 0 saturated heterocycles. The first-order chi connectivity index (χ1) is 8.45. The highest BCUT2D eigenvalue weighted by Crippen LogP contribution is 2.19. The van der Waals surface area contributed by atoms with Gasteiger partial charge in [-0.3, -0.25) is 4.39 Å². The lowest BCUT2D eigenvalue weighted by molar-refractivity contribution is 0.316. The fourth-order valence-corrected chi connectivity index (χ4v) is 4.22. The van der Waals surface area contributed by atoms with Crippen LogP contribution in [0.1, 0.15) is 38.5 Å². The summed E-state index contributed by atoms with van der Waals surface area (Å²) in [6.07, 6.45) is 2.43. The summed E-state index contributed by atoms with van der Waals surface area (Å²) in [7, 11) is -5.77. The maximum Gasteiger partial charge on any atom is 0.616 e. The van der Waals surface area contributed by atoms with Gasteiger partial charge in [-0.05, 0) is 25.3 Å². The van der Waals surface area contributed by atoms with Crippen molar-refractivity contribution in [2.75, 3.05) is 6.67 Å². The molecule has 0 aliphatic carbocycles. The molecule has 110 valence electrons. The maximum absolute atomic E-state index is 13.1. The topological polar surface area (TPSA) is 0 Å². The van der Waals surface area contributed by atoms with Gasteiger partial charge in [0, 0.05) is 15.6 Å². The smallest absolute Gasteiger partial charge is 0.251 e. The van der Waals surface area contributed by atoms with Crippen LogP contribution in [0, 0.1) is 0 Å². The maximum atomic E-state index is 13.1. The minimum absolute atomic E-state index is 0.263. The molecule has 0 aromatic heterocycles. The van der Waals surface area contributed by atoms with Crippen molar-refractivity contribution < 1.29 is 21.1 Å². The average Bonchev–Trinajstić information content (AvgIpc) is 2.28. The average molecular weight is 306 g/mol. The molecule has 0 radical (unpaired) electrons. The van der Waals surface area contributed by atoms with Crippen LogP contribution < -0.4 is 0 Å². The molecule has 0 aromatic carbocycles. The van der Waals surface area contributed by atoms with Gasteiger partial charge in [0.25, 0.3) is 0 Å². The lowest BCUT2D eigenvalue weighted by Crippen LogP contribution is -2.13. The fourth-order valence-electron chi connectivity index (χ4n) is 1.84. The third-order valence-electron chi connectivity index (χ3n) is 2.88. The van der Waals surface area contributed by atoms with E-state index in [1.807, 2.05) is 0 Å². The van der Waals surface area contributed by atoms with Gasteiger partial charge in [0.15, 0.2) is 0 Å². The molecule has 18 heavy (non-hydrogen) atoms.